The first kappa shape index (κ1) is 25.3. The average molecular weight is 387 g/mol. The van der Waals surface area contributed by atoms with Gasteiger partial charge in [0.05, 0.1) is 0 Å². The highest BCUT2D eigenvalue weighted by atomic mass is 14.1. The molecule has 1 aromatic carbocycles. The first-order valence-electron chi connectivity index (χ1n) is 12.9. The minimum absolute atomic E-state index is 1.28. The zero-order valence-corrected chi connectivity index (χ0v) is 19.7. The second-order valence-electron chi connectivity index (χ2n) is 8.90. The third-order valence-electron chi connectivity index (χ3n) is 6.25. The quantitative estimate of drug-likeness (QED) is 0.208. The molecule has 0 aromatic heterocycles. The zero-order chi connectivity index (χ0) is 20.3. The van der Waals surface area contributed by atoms with E-state index in [1.165, 1.54) is 122 Å². The molecule has 1 aromatic rings. The van der Waals surface area contributed by atoms with Crippen molar-refractivity contribution >= 4 is 0 Å². The Balaban J connectivity index is 2.37. The van der Waals surface area contributed by atoms with Gasteiger partial charge in [0.15, 0.2) is 0 Å². The molecule has 0 fully saturated rings. The van der Waals surface area contributed by atoms with Crippen molar-refractivity contribution < 1.29 is 0 Å². The number of benzene rings is 1. The number of rotatable bonds is 19. The van der Waals surface area contributed by atoms with E-state index in [2.05, 4.69) is 39.0 Å². The van der Waals surface area contributed by atoms with Crippen molar-refractivity contribution in [3.63, 3.8) is 0 Å². The Bertz CT molecular complexity index is 459. The van der Waals surface area contributed by atoms with Crippen LogP contribution in [0.5, 0.6) is 0 Å². The van der Waals surface area contributed by atoms with Gasteiger partial charge < -0.3 is 0 Å². The molecular weight excluding hydrogens is 336 g/mol. The molecule has 1 rings (SSSR count). The van der Waals surface area contributed by atoms with Crippen LogP contribution in [0.3, 0.4) is 0 Å². The maximum atomic E-state index is 2.43. The molecule has 0 aliphatic rings. The fourth-order valence-electron chi connectivity index (χ4n) is 4.38. The highest BCUT2D eigenvalue weighted by Gasteiger charge is 2.08. The number of hydrogen-bond acceptors (Lipinski definition) is 0. The van der Waals surface area contributed by atoms with Crippen molar-refractivity contribution in [1.29, 1.82) is 0 Å². The standard InChI is InChI=1S/C28H50/c1-4-7-10-12-13-14-15-16-17-18-22-27-24-20-23-26(21-9-6-3)28(27)25-19-11-8-5-2/h20,23-24H,4-19,21-22,25H2,1-3H3. The summed E-state index contributed by atoms with van der Waals surface area (Å²) in [4.78, 5) is 0. The number of unbranched alkanes of at least 4 members (excludes halogenated alkanes) is 13. The molecule has 0 saturated heterocycles. The largest absolute Gasteiger partial charge is 0.0654 e. The fraction of sp³-hybridized carbons (Fsp3) is 0.786. The molecule has 0 bridgehead atoms. The van der Waals surface area contributed by atoms with Crippen LogP contribution in [0, 0.1) is 0 Å². The van der Waals surface area contributed by atoms with Gasteiger partial charge in [-0.2, -0.15) is 0 Å². The lowest BCUT2D eigenvalue weighted by molar-refractivity contribution is 0.555. The van der Waals surface area contributed by atoms with Gasteiger partial charge in [-0.05, 0) is 55.2 Å². The minimum Gasteiger partial charge on any atom is -0.0654 e. The van der Waals surface area contributed by atoms with E-state index >= 15 is 0 Å². The van der Waals surface area contributed by atoms with Gasteiger partial charge in [-0.3, -0.25) is 0 Å². The van der Waals surface area contributed by atoms with Gasteiger partial charge >= 0.3 is 0 Å². The third-order valence-corrected chi connectivity index (χ3v) is 6.25. The second kappa shape index (κ2) is 18.3. The van der Waals surface area contributed by atoms with Gasteiger partial charge in [0.1, 0.15) is 0 Å². The van der Waals surface area contributed by atoms with Crippen molar-refractivity contribution in [2.75, 3.05) is 0 Å². The molecule has 0 radical (unpaired) electrons. The van der Waals surface area contributed by atoms with Gasteiger partial charge in [-0.1, -0.05) is 122 Å². The Morgan fingerprint density at radius 2 is 0.821 bits per heavy atom. The number of aryl methyl sites for hydroxylation is 2. The van der Waals surface area contributed by atoms with E-state index in [-0.39, 0.29) is 0 Å². The molecule has 0 unspecified atom stereocenters. The molecule has 0 heteroatoms. The molecule has 162 valence electrons. The molecule has 28 heavy (non-hydrogen) atoms. The summed E-state index contributed by atoms with van der Waals surface area (Å²) in [6.07, 6.45) is 26.4. The number of hydrogen-bond donors (Lipinski definition) is 0. The van der Waals surface area contributed by atoms with E-state index < -0.39 is 0 Å². The van der Waals surface area contributed by atoms with Crippen LogP contribution in [-0.2, 0) is 19.3 Å². The molecular formula is C28H50. The summed E-state index contributed by atoms with van der Waals surface area (Å²) < 4.78 is 0. The van der Waals surface area contributed by atoms with Crippen LogP contribution < -0.4 is 0 Å². The monoisotopic (exact) mass is 386 g/mol. The van der Waals surface area contributed by atoms with Crippen LogP contribution in [0.15, 0.2) is 18.2 Å². The summed E-state index contributed by atoms with van der Waals surface area (Å²) in [6, 6.07) is 7.16. The minimum atomic E-state index is 1.28. The highest BCUT2D eigenvalue weighted by Crippen LogP contribution is 2.23. The predicted octanol–water partition coefficient (Wildman–Crippen LogP) is 9.62. The maximum absolute atomic E-state index is 2.43. The van der Waals surface area contributed by atoms with Gasteiger partial charge in [0.25, 0.3) is 0 Å². The molecule has 0 atom stereocenters. The molecule has 0 aliphatic heterocycles. The normalized spacial score (nSPS) is 11.2. The van der Waals surface area contributed by atoms with E-state index in [0.717, 1.165) is 0 Å². The lowest BCUT2D eigenvalue weighted by atomic mass is 9.90. The Morgan fingerprint density at radius 3 is 1.36 bits per heavy atom. The first-order valence-corrected chi connectivity index (χ1v) is 12.9. The van der Waals surface area contributed by atoms with E-state index in [1.807, 2.05) is 0 Å². The highest BCUT2D eigenvalue weighted by molar-refractivity contribution is 5.36. The second-order valence-corrected chi connectivity index (χ2v) is 8.90. The van der Waals surface area contributed by atoms with E-state index in [4.69, 9.17) is 0 Å². The maximum Gasteiger partial charge on any atom is -0.0273 e. The average Bonchev–Trinajstić information content (AvgIpc) is 2.72. The fourth-order valence-corrected chi connectivity index (χ4v) is 4.38. The van der Waals surface area contributed by atoms with Gasteiger partial charge in [-0.15, -0.1) is 0 Å². The van der Waals surface area contributed by atoms with Gasteiger partial charge in [0, 0.05) is 0 Å². The molecule has 0 saturated carbocycles. The smallest absolute Gasteiger partial charge is 0.0273 e. The van der Waals surface area contributed by atoms with Crippen LogP contribution in [-0.4, -0.2) is 0 Å². The summed E-state index contributed by atoms with van der Waals surface area (Å²) in [5, 5.41) is 0. The lowest BCUT2D eigenvalue weighted by Gasteiger charge is -2.15. The SMILES string of the molecule is CCCCCCCCCCCCc1cccc(CCCC)c1CCCCCC. The van der Waals surface area contributed by atoms with Crippen molar-refractivity contribution in [1.82, 2.24) is 0 Å². The van der Waals surface area contributed by atoms with Crippen LogP contribution >= 0.6 is 0 Å². The molecule has 0 amide bonds. The molecule has 0 heterocycles. The Morgan fingerprint density at radius 1 is 0.429 bits per heavy atom. The van der Waals surface area contributed by atoms with Crippen LogP contribution in [0.2, 0.25) is 0 Å². The Hall–Kier alpha value is -0.780. The molecule has 0 aliphatic carbocycles. The van der Waals surface area contributed by atoms with Crippen molar-refractivity contribution in [3.8, 4) is 0 Å². The van der Waals surface area contributed by atoms with Crippen molar-refractivity contribution in [2.45, 2.75) is 143 Å². The summed E-state index contributed by atoms with van der Waals surface area (Å²) in [6.45, 7) is 6.93. The topological polar surface area (TPSA) is 0 Å². The Kier molecular flexibility index (Phi) is 16.5. The lowest BCUT2D eigenvalue weighted by Crippen LogP contribution is -2.02. The van der Waals surface area contributed by atoms with E-state index in [1.54, 1.807) is 16.7 Å². The van der Waals surface area contributed by atoms with E-state index in [0.29, 0.717) is 0 Å². The molecule has 0 N–H and O–H groups in total. The van der Waals surface area contributed by atoms with Gasteiger partial charge in [0.2, 0.25) is 0 Å². The first-order chi connectivity index (χ1) is 13.8. The summed E-state index contributed by atoms with van der Waals surface area (Å²) in [5.41, 5.74) is 5.05. The van der Waals surface area contributed by atoms with Gasteiger partial charge in [-0.25, -0.2) is 0 Å². The van der Waals surface area contributed by atoms with Crippen LogP contribution in [0.1, 0.15) is 140 Å². The van der Waals surface area contributed by atoms with Crippen molar-refractivity contribution in [2.24, 2.45) is 0 Å². The Labute approximate surface area is 177 Å². The molecule has 0 nitrogen and oxygen atoms in total. The zero-order valence-electron chi connectivity index (χ0n) is 19.7. The van der Waals surface area contributed by atoms with E-state index in [9.17, 15) is 0 Å². The van der Waals surface area contributed by atoms with Crippen LogP contribution in [0.4, 0.5) is 0 Å². The summed E-state index contributed by atoms with van der Waals surface area (Å²) in [5.74, 6) is 0. The summed E-state index contributed by atoms with van der Waals surface area (Å²) in [7, 11) is 0. The van der Waals surface area contributed by atoms with Crippen LogP contribution in [0.25, 0.3) is 0 Å². The summed E-state index contributed by atoms with van der Waals surface area (Å²) >= 11 is 0. The molecule has 0 spiro atoms. The third kappa shape index (κ3) is 11.9. The predicted molar refractivity (Wildman–Crippen MR) is 128 cm³/mol. The van der Waals surface area contributed by atoms with Crippen molar-refractivity contribution in [3.05, 3.63) is 34.9 Å².